The number of halogens is 9. The van der Waals surface area contributed by atoms with Crippen LogP contribution in [0.1, 0.15) is 29.5 Å². The van der Waals surface area contributed by atoms with Gasteiger partial charge >= 0.3 is 12.4 Å². The van der Waals surface area contributed by atoms with Crippen LogP contribution in [-0.2, 0) is 31.5 Å². The fraction of sp³-hybridized carbons (Fsp3) is 0.308. The second-order valence-electron chi connectivity index (χ2n) is 9.36. The van der Waals surface area contributed by atoms with E-state index in [0.29, 0.717) is 24.3 Å². The molecule has 0 unspecified atom stereocenters. The smallest absolute Gasteiger partial charge is 0.349 e. The van der Waals surface area contributed by atoms with Crippen molar-refractivity contribution in [2.45, 2.75) is 53.1 Å². The lowest BCUT2D eigenvalue weighted by atomic mass is 9.74. The van der Waals surface area contributed by atoms with Crippen molar-refractivity contribution in [3.05, 3.63) is 101 Å². The van der Waals surface area contributed by atoms with Crippen LogP contribution in [0.3, 0.4) is 0 Å². The molecule has 1 saturated carbocycles. The van der Waals surface area contributed by atoms with Gasteiger partial charge in [0.25, 0.3) is 5.60 Å². The van der Waals surface area contributed by atoms with E-state index >= 15 is 0 Å². The number of ether oxygens (including phenoxy) is 1. The molecule has 14 heteroatoms. The van der Waals surface area contributed by atoms with E-state index in [2.05, 4.69) is 4.74 Å². The van der Waals surface area contributed by atoms with Gasteiger partial charge in [0.15, 0.2) is 9.84 Å². The summed E-state index contributed by atoms with van der Waals surface area (Å²) >= 11 is 0. The zero-order valence-electron chi connectivity index (χ0n) is 20.2. The van der Waals surface area contributed by atoms with E-state index in [1.54, 1.807) is 0 Å². The van der Waals surface area contributed by atoms with Crippen molar-refractivity contribution in [2.75, 3.05) is 0 Å². The van der Waals surface area contributed by atoms with Crippen molar-refractivity contribution in [3.8, 4) is 0 Å². The Hall–Kier alpha value is -3.10. The first-order valence-electron chi connectivity index (χ1n) is 11.5. The topological polar surface area (TPSA) is 69.4 Å². The Labute approximate surface area is 222 Å². The van der Waals surface area contributed by atoms with Crippen LogP contribution >= 0.6 is 0 Å². The first kappa shape index (κ1) is 29.9. The summed E-state index contributed by atoms with van der Waals surface area (Å²) in [6.07, 6.45) is -12.7. The van der Waals surface area contributed by atoms with Gasteiger partial charge < -0.3 is 10.5 Å². The molecule has 3 aromatic rings. The van der Waals surface area contributed by atoms with Gasteiger partial charge in [0, 0.05) is 17.2 Å². The van der Waals surface area contributed by atoms with Crippen LogP contribution in [0.25, 0.3) is 0 Å². The number of alkyl halides is 6. The summed E-state index contributed by atoms with van der Waals surface area (Å²) in [6, 6.07) is 7.62. The van der Waals surface area contributed by atoms with Gasteiger partial charge in [-0.2, -0.15) is 26.3 Å². The van der Waals surface area contributed by atoms with Crippen LogP contribution in [0.2, 0.25) is 0 Å². The molecule has 0 radical (unpaired) electrons. The van der Waals surface area contributed by atoms with Crippen LogP contribution < -0.4 is 5.73 Å². The van der Waals surface area contributed by atoms with E-state index in [4.69, 9.17) is 5.73 Å². The Morgan fingerprint density at radius 3 is 1.75 bits per heavy atom. The van der Waals surface area contributed by atoms with Crippen molar-refractivity contribution < 1.29 is 52.7 Å². The van der Waals surface area contributed by atoms with Crippen molar-refractivity contribution in [2.24, 2.45) is 5.73 Å². The Morgan fingerprint density at radius 1 is 0.800 bits per heavy atom. The lowest BCUT2D eigenvalue weighted by Gasteiger charge is -2.46. The number of nitrogens with two attached hydrogens (primary N) is 1. The van der Waals surface area contributed by atoms with Crippen molar-refractivity contribution >= 4 is 9.84 Å². The third kappa shape index (κ3) is 4.75. The summed E-state index contributed by atoms with van der Waals surface area (Å²) in [7, 11) is -4.33. The number of hydrogen-bond donors (Lipinski definition) is 1. The average Bonchev–Trinajstić information content (AvgIpc) is 2.82. The number of sulfone groups is 1. The highest BCUT2D eigenvalue weighted by molar-refractivity contribution is 7.92. The van der Waals surface area contributed by atoms with E-state index in [1.807, 2.05) is 0 Å². The molecule has 4 nitrogen and oxygen atoms in total. The lowest BCUT2D eigenvalue weighted by molar-refractivity contribution is -0.392. The molecule has 0 spiro atoms. The molecule has 0 aromatic heterocycles. The van der Waals surface area contributed by atoms with Crippen LogP contribution in [0.15, 0.2) is 71.6 Å². The standard InChI is InChI=1S/C26H20F9NO3S/c27-17-8-10-19(11-9-17)40(37,38)23(12-18(36)13-23)15-4-6-16(7-5-15)24(25(30,31)32,26(33,34)35)39-14-20-21(28)2-1-3-22(20)29/h1-11,18H,12-14,36H2. The normalized spacial score (nSPS) is 20.3. The summed E-state index contributed by atoms with van der Waals surface area (Å²) in [4.78, 5) is -0.319. The molecule has 1 fully saturated rings. The van der Waals surface area contributed by atoms with E-state index in [-0.39, 0.29) is 23.3 Å². The van der Waals surface area contributed by atoms with Crippen LogP contribution in [0, 0.1) is 17.5 Å². The maximum absolute atomic E-state index is 14.2. The number of rotatable bonds is 7. The first-order valence-corrected chi connectivity index (χ1v) is 13.0. The molecule has 4 rings (SSSR count). The molecule has 216 valence electrons. The highest BCUT2D eigenvalue weighted by atomic mass is 32.2. The number of hydrogen-bond acceptors (Lipinski definition) is 4. The van der Waals surface area contributed by atoms with Gasteiger partial charge in [0.05, 0.1) is 11.5 Å². The highest BCUT2D eigenvalue weighted by Crippen LogP contribution is 2.55. The van der Waals surface area contributed by atoms with E-state index in [0.717, 1.165) is 42.5 Å². The predicted octanol–water partition coefficient (Wildman–Crippen LogP) is 6.43. The van der Waals surface area contributed by atoms with E-state index in [9.17, 15) is 47.9 Å². The molecule has 1 aliphatic rings. The second-order valence-corrected chi connectivity index (χ2v) is 11.6. The first-order chi connectivity index (χ1) is 18.5. The van der Waals surface area contributed by atoms with Crippen LogP contribution in [-0.4, -0.2) is 26.8 Å². The van der Waals surface area contributed by atoms with Gasteiger partial charge in [0.1, 0.15) is 22.2 Å². The highest BCUT2D eigenvalue weighted by Gasteiger charge is 2.73. The third-order valence-corrected chi connectivity index (χ3v) is 9.42. The molecule has 40 heavy (non-hydrogen) atoms. The monoisotopic (exact) mass is 597 g/mol. The Morgan fingerprint density at radius 2 is 1.30 bits per heavy atom. The van der Waals surface area contributed by atoms with Gasteiger partial charge in [-0.3, -0.25) is 0 Å². The Kier molecular flexibility index (Phi) is 7.52. The molecule has 0 bridgehead atoms. The van der Waals surface area contributed by atoms with Gasteiger partial charge in [0.2, 0.25) is 0 Å². The van der Waals surface area contributed by atoms with Crippen molar-refractivity contribution in [3.63, 3.8) is 0 Å². The fourth-order valence-electron chi connectivity index (χ4n) is 4.83. The zero-order valence-corrected chi connectivity index (χ0v) is 21.0. The van der Waals surface area contributed by atoms with Gasteiger partial charge in [-0.15, -0.1) is 0 Å². The lowest BCUT2D eigenvalue weighted by Crippen LogP contribution is -2.56. The molecular formula is C26H20F9NO3S. The van der Waals surface area contributed by atoms with Crippen molar-refractivity contribution in [1.82, 2.24) is 0 Å². The van der Waals surface area contributed by atoms with E-state index < -0.39 is 73.8 Å². The van der Waals surface area contributed by atoms with Gasteiger partial charge in [-0.05, 0) is 54.8 Å². The van der Waals surface area contributed by atoms with E-state index in [1.165, 1.54) is 0 Å². The summed E-state index contributed by atoms with van der Waals surface area (Å²) in [5.74, 6) is -3.56. The summed E-state index contributed by atoms with van der Waals surface area (Å²) in [5, 5.41) is 0. The molecule has 0 amide bonds. The van der Waals surface area contributed by atoms with Gasteiger partial charge in [-0.25, -0.2) is 21.6 Å². The second kappa shape index (κ2) is 10.1. The molecule has 0 heterocycles. The molecule has 0 atom stereocenters. The molecule has 0 saturated heterocycles. The molecule has 1 aliphatic carbocycles. The largest absolute Gasteiger partial charge is 0.430 e. The summed E-state index contributed by atoms with van der Waals surface area (Å²) in [5.41, 5.74) is -2.00. The third-order valence-electron chi connectivity index (χ3n) is 6.93. The minimum atomic E-state index is -6.16. The average molecular weight is 597 g/mol. The van der Waals surface area contributed by atoms with Crippen LogP contribution in [0.4, 0.5) is 39.5 Å². The minimum absolute atomic E-state index is 0.152. The Bertz CT molecular complexity index is 1450. The SMILES string of the molecule is NC1CC(c2ccc(C(OCc3c(F)cccc3F)(C(F)(F)F)C(F)(F)F)cc2)(S(=O)(=O)c2ccc(F)cc2)C1. The predicted molar refractivity (Wildman–Crippen MR) is 124 cm³/mol. The summed E-state index contributed by atoms with van der Waals surface area (Å²) < 4.78 is 156. The van der Waals surface area contributed by atoms with Crippen molar-refractivity contribution in [1.29, 1.82) is 0 Å². The molecule has 0 aliphatic heterocycles. The summed E-state index contributed by atoms with van der Waals surface area (Å²) in [6.45, 7) is -1.73. The minimum Gasteiger partial charge on any atom is -0.349 e. The van der Waals surface area contributed by atoms with Crippen LogP contribution in [0.5, 0.6) is 0 Å². The zero-order chi connectivity index (χ0) is 29.7. The number of benzene rings is 3. The van der Waals surface area contributed by atoms with Gasteiger partial charge in [-0.1, -0.05) is 30.3 Å². The molecular weight excluding hydrogens is 577 g/mol. The maximum Gasteiger partial charge on any atom is 0.430 e. The Balaban J connectivity index is 1.80. The fourth-order valence-corrected chi connectivity index (χ4v) is 7.09. The molecule has 3 aromatic carbocycles. The molecule has 2 N–H and O–H groups in total. The maximum atomic E-state index is 14.2. The quantitative estimate of drug-likeness (QED) is 0.252.